The third-order valence-corrected chi connectivity index (χ3v) is 6.15. The smallest absolute Gasteiger partial charge is 0.274 e. The lowest BCUT2D eigenvalue weighted by Crippen LogP contribution is -2.32. The number of nitrogens with one attached hydrogen (secondary N) is 1. The molecule has 0 fully saturated rings. The summed E-state index contributed by atoms with van der Waals surface area (Å²) < 4.78 is 31.6. The predicted molar refractivity (Wildman–Crippen MR) is 98.2 cm³/mol. The van der Waals surface area contributed by atoms with Crippen LogP contribution in [0, 0.1) is 0 Å². The van der Waals surface area contributed by atoms with Gasteiger partial charge in [-0.05, 0) is 23.8 Å². The van der Waals surface area contributed by atoms with E-state index in [1.807, 2.05) is 50.1 Å². The summed E-state index contributed by atoms with van der Waals surface area (Å²) in [6.45, 7) is 5.28. The molecular weight excluding hydrogens is 338 g/mol. The second-order valence-electron chi connectivity index (χ2n) is 5.70. The number of pyridine rings is 1. The number of rotatable bonds is 8. The van der Waals surface area contributed by atoms with E-state index in [1.54, 1.807) is 25.4 Å². The molecule has 1 aromatic heterocycles. The molecule has 2 rings (SSSR count). The lowest BCUT2D eigenvalue weighted by atomic mass is 10.2. The highest BCUT2D eigenvalue weighted by molar-refractivity contribution is 7.89. The highest BCUT2D eigenvalue weighted by atomic mass is 32.2. The predicted octanol–water partition coefficient (Wildman–Crippen LogP) is 2.18. The molecule has 0 aliphatic heterocycles. The Morgan fingerprint density at radius 3 is 2.16 bits per heavy atom. The summed E-state index contributed by atoms with van der Waals surface area (Å²) in [7, 11) is 0.155. The summed E-state index contributed by atoms with van der Waals surface area (Å²) in [6, 6.07) is 11.3. The molecule has 0 aliphatic carbocycles. The Kier molecular flexibility index (Phi) is 6.39. The van der Waals surface area contributed by atoms with E-state index in [0.29, 0.717) is 19.6 Å². The molecule has 6 nitrogen and oxygen atoms in total. The Morgan fingerprint density at radius 2 is 1.68 bits per heavy atom. The van der Waals surface area contributed by atoms with Gasteiger partial charge in [0.2, 0.25) is 10.0 Å². The average Bonchev–Trinajstić information content (AvgIpc) is 2.63. The molecule has 0 saturated carbocycles. The zero-order valence-electron chi connectivity index (χ0n) is 15.2. The van der Waals surface area contributed by atoms with Crippen LogP contribution in [0.4, 0.5) is 5.82 Å². The molecule has 0 unspecified atom stereocenters. The van der Waals surface area contributed by atoms with Gasteiger partial charge in [0, 0.05) is 19.2 Å². The largest absolute Gasteiger partial charge is 0.497 e. The van der Waals surface area contributed by atoms with E-state index >= 15 is 0 Å². The van der Waals surface area contributed by atoms with Crippen molar-refractivity contribution in [3.8, 4) is 5.75 Å². The molecule has 0 amide bonds. The van der Waals surface area contributed by atoms with Crippen LogP contribution in [-0.2, 0) is 16.6 Å². The van der Waals surface area contributed by atoms with Gasteiger partial charge in [0.1, 0.15) is 23.4 Å². The number of benzene rings is 1. The van der Waals surface area contributed by atoms with Crippen molar-refractivity contribution in [2.45, 2.75) is 25.3 Å². The Labute approximate surface area is 150 Å². The standard InChI is InChI=1S/C18H25N3O3S/c1-5-21(6-2)25(22,23)17-11-12-18(19-13-17)20(3)14-15-7-9-16(24-4)10-8-15/h7-13H,5-6,14H2,1-4H3/p+1. The molecule has 0 atom stereocenters. The quantitative estimate of drug-likeness (QED) is 0.720. The maximum Gasteiger partial charge on any atom is 0.274 e. The van der Waals surface area contributed by atoms with Gasteiger partial charge in [-0.2, -0.15) is 4.31 Å². The van der Waals surface area contributed by atoms with Gasteiger partial charge in [-0.1, -0.05) is 26.0 Å². The van der Waals surface area contributed by atoms with Crippen molar-refractivity contribution in [3.63, 3.8) is 0 Å². The summed E-state index contributed by atoms with van der Waals surface area (Å²) in [5.41, 5.74) is 1.14. The second-order valence-corrected chi connectivity index (χ2v) is 7.64. The first-order valence-corrected chi connectivity index (χ1v) is 9.72. The van der Waals surface area contributed by atoms with E-state index in [0.717, 1.165) is 17.1 Å². The fourth-order valence-electron chi connectivity index (χ4n) is 2.60. The van der Waals surface area contributed by atoms with Gasteiger partial charge in [-0.25, -0.2) is 13.4 Å². The summed E-state index contributed by atoms with van der Waals surface area (Å²) in [4.78, 5) is 5.38. The summed E-state index contributed by atoms with van der Waals surface area (Å²) in [6.07, 6.45) is 1.55. The zero-order valence-corrected chi connectivity index (χ0v) is 16.0. The van der Waals surface area contributed by atoms with E-state index in [9.17, 15) is 8.42 Å². The minimum atomic E-state index is -3.44. The minimum absolute atomic E-state index is 0.276. The molecule has 0 spiro atoms. The van der Waals surface area contributed by atoms with Crippen molar-refractivity contribution in [1.29, 1.82) is 0 Å². The fourth-order valence-corrected chi connectivity index (χ4v) is 4.03. The van der Waals surface area contributed by atoms with Crippen LogP contribution >= 0.6 is 0 Å². The lowest BCUT2D eigenvalue weighted by Gasteiger charge is -2.18. The van der Waals surface area contributed by atoms with Gasteiger partial charge in [0.15, 0.2) is 0 Å². The zero-order chi connectivity index (χ0) is 18.4. The normalized spacial score (nSPS) is 11.6. The molecule has 1 heterocycles. The highest BCUT2D eigenvalue weighted by Crippen LogP contribution is 2.17. The average molecular weight is 364 g/mol. The maximum atomic E-state index is 12.5. The number of nitrogens with zero attached hydrogens (tertiary/aromatic N) is 2. The topological polar surface area (TPSA) is 64.0 Å². The SMILES string of the molecule is CCN(CC)S(=O)(=O)c1ccc(N(C)Cc2ccc(OC)cc2)[nH+]c1. The molecule has 0 aliphatic rings. The third-order valence-electron chi connectivity index (χ3n) is 4.10. The van der Waals surface area contributed by atoms with Crippen molar-refractivity contribution in [2.75, 3.05) is 32.1 Å². The van der Waals surface area contributed by atoms with Crippen molar-refractivity contribution >= 4 is 15.8 Å². The Bertz CT molecular complexity index is 770. The van der Waals surface area contributed by atoms with E-state index in [4.69, 9.17) is 4.74 Å². The molecule has 2 aromatic rings. The monoisotopic (exact) mass is 364 g/mol. The van der Waals surface area contributed by atoms with Gasteiger partial charge >= 0.3 is 0 Å². The van der Waals surface area contributed by atoms with Crippen LogP contribution in [0.15, 0.2) is 47.5 Å². The van der Waals surface area contributed by atoms with Crippen LogP contribution in [-0.4, -0.2) is 40.0 Å². The number of sulfonamides is 1. The van der Waals surface area contributed by atoms with Crippen LogP contribution in [0.1, 0.15) is 19.4 Å². The summed E-state index contributed by atoms with van der Waals surface area (Å²) in [5, 5.41) is 0. The van der Waals surface area contributed by atoms with Gasteiger partial charge in [0.25, 0.3) is 5.82 Å². The number of hydrogen-bond donors (Lipinski definition) is 0. The molecular formula is C18H26N3O3S+. The molecule has 0 radical (unpaired) electrons. The van der Waals surface area contributed by atoms with Gasteiger partial charge in [-0.15, -0.1) is 0 Å². The van der Waals surface area contributed by atoms with Crippen LogP contribution in [0.2, 0.25) is 0 Å². The number of ether oxygens (including phenoxy) is 1. The van der Waals surface area contributed by atoms with Crippen molar-refractivity contribution in [1.82, 2.24) is 4.31 Å². The molecule has 0 bridgehead atoms. The van der Waals surface area contributed by atoms with Crippen molar-refractivity contribution < 1.29 is 18.1 Å². The van der Waals surface area contributed by atoms with Crippen molar-refractivity contribution in [3.05, 3.63) is 48.2 Å². The Hall–Kier alpha value is -2.12. The molecule has 0 saturated heterocycles. The molecule has 25 heavy (non-hydrogen) atoms. The van der Waals surface area contributed by atoms with E-state index in [1.165, 1.54) is 4.31 Å². The van der Waals surface area contributed by atoms with Crippen LogP contribution in [0.25, 0.3) is 0 Å². The molecule has 1 aromatic carbocycles. The van der Waals surface area contributed by atoms with E-state index < -0.39 is 10.0 Å². The molecule has 1 N–H and O–H groups in total. The van der Waals surface area contributed by atoms with Crippen LogP contribution in [0.3, 0.4) is 0 Å². The number of aromatic amines is 1. The van der Waals surface area contributed by atoms with Crippen molar-refractivity contribution in [2.24, 2.45) is 0 Å². The highest BCUT2D eigenvalue weighted by Gasteiger charge is 2.23. The molecule has 7 heteroatoms. The Balaban J connectivity index is 2.13. The van der Waals surface area contributed by atoms with Crippen LogP contribution in [0.5, 0.6) is 5.75 Å². The first-order chi connectivity index (χ1) is 11.9. The van der Waals surface area contributed by atoms with Gasteiger partial charge < -0.3 is 4.74 Å². The number of methoxy groups -OCH3 is 1. The number of aromatic nitrogens is 1. The fraction of sp³-hybridized carbons (Fsp3) is 0.389. The number of anilines is 1. The third kappa shape index (κ3) is 4.49. The summed E-state index contributed by atoms with van der Waals surface area (Å²) >= 11 is 0. The summed E-state index contributed by atoms with van der Waals surface area (Å²) in [5.74, 6) is 1.67. The maximum absolute atomic E-state index is 12.5. The van der Waals surface area contributed by atoms with E-state index in [-0.39, 0.29) is 4.90 Å². The van der Waals surface area contributed by atoms with E-state index in [2.05, 4.69) is 4.98 Å². The number of H-pyrrole nitrogens is 1. The second kappa shape index (κ2) is 8.31. The Morgan fingerprint density at radius 1 is 1.04 bits per heavy atom. The van der Waals surface area contributed by atoms with Gasteiger partial charge in [-0.3, -0.25) is 4.90 Å². The number of hydrogen-bond acceptors (Lipinski definition) is 4. The first kappa shape index (κ1) is 19.2. The minimum Gasteiger partial charge on any atom is -0.497 e. The first-order valence-electron chi connectivity index (χ1n) is 8.28. The lowest BCUT2D eigenvalue weighted by molar-refractivity contribution is -0.367. The van der Waals surface area contributed by atoms with Gasteiger partial charge in [0.05, 0.1) is 14.2 Å². The molecule has 136 valence electrons. The van der Waals surface area contributed by atoms with Crippen LogP contribution < -0.4 is 14.6 Å².